The fourth-order valence-corrected chi connectivity index (χ4v) is 3.05. The van der Waals surface area contributed by atoms with E-state index in [4.69, 9.17) is 5.73 Å². The maximum Gasteiger partial charge on any atom is 0.126 e. The summed E-state index contributed by atoms with van der Waals surface area (Å²) in [5.74, 6) is -1.07. The number of benzene rings is 1. The zero-order valence-electron chi connectivity index (χ0n) is 11.4. The van der Waals surface area contributed by atoms with Crippen molar-refractivity contribution in [3.8, 4) is 0 Å². The molecule has 0 aliphatic heterocycles. The standard InChI is InChI=1S/C15H22F2N2/c1-19(14-5-3-2-4-6-14)15(10-18)11-7-12(16)9-13(17)8-11/h7-9,14-15H,2-6,10,18H2,1H3. The molecule has 0 spiro atoms. The van der Waals surface area contributed by atoms with Gasteiger partial charge >= 0.3 is 0 Å². The average molecular weight is 268 g/mol. The molecule has 0 bridgehead atoms. The van der Waals surface area contributed by atoms with Crippen LogP contribution < -0.4 is 5.73 Å². The van der Waals surface area contributed by atoms with Gasteiger partial charge in [0.1, 0.15) is 11.6 Å². The highest BCUT2D eigenvalue weighted by molar-refractivity contribution is 5.22. The highest BCUT2D eigenvalue weighted by Gasteiger charge is 2.25. The van der Waals surface area contributed by atoms with Gasteiger partial charge in [-0.15, -0.1) is 0 Å². The molecule has 0 radical (unpaired) electrons. The van der Waals surface area contributed by atoms with Gasteiger partial charge in [-0.3, -0.25) is 4.90 Å². The van der Waals surface area contributed by atoms with Gasteiger partial charge < -0.3 is 5.73 Å². The van der Waals surface area contributed by atoms with Crippen LogP contribution in [0.15, 0.2) is 18.2 Å². The SMILES string of the molecule is CN(C1CCCCC1)C(CN)c1cc(F)cc(F)c1. The zero-order chi connectivity index (χ0) is 13.8. The van der Waals surface area contributed by atoms with Gasteiger partial charge in [0.25, 0.3) is 0 Å². The Morgan fingerprint density at radius 2 is 1.74 bits per heavy atom. The quantitative estimate of drug-likeness (QED) is 0.908. The van der Waals surface area contributed by atoms with E-state index >= 15 is 0 Å². The summed E-state index contributed by atoms with van der Waals surface area (Å²) in [6.07, 6.45) is 6.02. The summed E-state index contributed by atoms with van der Waals surface area (Å²) in [7, 11) is 2.01. The topological polar surface area (TPSA) is 29.3 Å². The second-order valence-corrected chi connectivity index (χ2v) is 5.41. The van der Waals surface area contributed by atoms with Crippen molar-refractivity contribution in [2.24, 2.45) is 5.73 Å². The number of rotatable bonds is 4. The van der Waals surface area contributed by atoms with Crippen LogP contribution in [0.5, 0.6) is 0 Å². The van der Waals surface area contributed by atoms with Gasteiger partial charge in [-0.05, 0) is 37.6 Å². The van der Waals surface area contributed by atoms with Crippen molar-refractivity contribution in [1.82, 2.24) is 4.90 Å². The second-order valence-electron chi connectivity index (χ2n) is 5.41. The Morgan fingerprint density at radius 3 is 2.26 bits per heavy atom. The van der Waals surface area contributed by atoms with E-state index in [-0.39, 0.29) is 6.04 Å². The summed E-state index contributed by atoms with van der Waals surface area (Å²) in [6.45, 7) is 0.371. The number of hydrogen-bond donors (Lipinski definition) is 1. The van der Waals surface area contributed by atoms with E-state index in [1.165, 1.54) is 31.4 Å². The van der Waals surface area contributed by atoms with E-state index in [2.05, 4.69) is 4.90 Å². The molecule has 106 valence electrons. The smallest absolute Gasteiger partial charge is 0.126 e. The molecule has 1 aromatic rings. The number of likely N-dealkylation sites (N-methyl/N-ethyl adjacent to an activating group) is 1. The van der Waals surface area contributed by atoms with Crippen LogP contribution in [-0.2, 0) is 0 Å². The third kappa shape index (κ3) is 3.51. The summed E-state index contributed by atoms with van der Waals surface area (Å²) in [6, 6.07) is 4.03. The van der Waals surface area contributed by atoms with Crippen molar-refractivity contribution in [2.45, 2.75) is 44.2 Å². The van der Waals surface area contributed by atoms with Crippen molar-refractivity contribution in [3.63, 3.8) is 0 Å². The fourth-order valence-electron chi connectivity index (χ4n) is 3.05. The third-order valence-electron chi connectivity index (χ3n) is 4.14. The van der Waals surface area contributed by atoms with Crippen LogP contribution in [0.4, 0.5) is 8.78 Å². The summed E-state index contributed by atoms with van der Waals surface area (Å²) < 4.78 is 26.7. The Kier molecular flexibility index (Phi) is 4.88. The van der Waals surface area contributed by atoms with Crippen molar-refractivity contribution in [3.05, 3.63) is 35.4 Å². The molecule has 1 aliphatic carbocycles. The molecule has 0 amide bonds. The lowest BCUT2D eigenvalue weighted by Gasteiger charge is -2.37. The van der Waals surface area contributed by atoms with Crippen LogP contribution in [0.2, 0.25) is 0 Å². The van der Waals surface area contributed by atoms with Gasteiger partial charge in [-0.25, -0.2) is 8.78 Å². The van der Waals surface area contributed by atoms with E-state index in [9.17, 15) is 8.78 Å². The molecule has 1 aromatic carbocycles. The van der Waals surface area contributed by atoms with Crippen molar-refractivity contribution >= 4 is 0 Å². The molecule has 1 fully saturated rings. The minimum atomic E-state index is -0.537. The zero-order valence-corrected chi connectivity index (χ0v) is 11.4. The highest BCUT2D eigenvalue weighted by atomic mass is 19.1. The predicted molar refractivity (Wildman–Crippen MR) is 72.8 cm³/mol. The van der Waals surface area contributed by atoms with Crippen LogP contribution in [-0.4, -0.2) is 24.5 Å². The summed E-state index contributed by atoms with van der Waals surface area (Å²) >= 11 is 0. The molecule has 2 nitrogen and oxygen atoms in total. The molecule has 0 saturated heterocycles. The summed E-state index contributed by atoms with van der Waals surface area (Å²) in [4.78, 5) is 2.19. The summed E-state index contributed by atoms with van der Waals surface area (Å²) in [5, 5.41) is 0. The fraction of sp³-hybridized carbons (Fsp3) is 0.600. The van der Waals surface area contributed by atoms with Crippen LogP contribution >= 0.6 is 0 Å². The van der Waals surface area contributed by atoms with Crippen molar-refractivity contribution < 1.29 is 8.78 Å². The Labute approximate surface area is 113 Å². The monoisotopic (exact) mass is 268 g/mol. The molecule has 19 heavy (non-hydrogen) atoms. The van der Waals surface area contributed by atoms with Gasteiger partial charge in [0.05, 0.1) is 0 Å². The Morgan fingerprint density at radius 1 is 1.16 bits per heavy atom. The molecule has 0 heterocycles. The largest absolute Gasteiger partial charge is 0.329 e. The number of nitrogens with zero attached hydrogens (tertiary/aromatic N) is 1. The number of halogens is 2. The Hall–Kier alpha value is -1.00. The van der Waals surface area contributed by atoms with Crippen LogP contribution in [0.3, 0.4) is 0 Å². The first-order chi connectivity index (χ1) is 9.11. The van der Waals surface area contributed by atoms with Gasteiger partial charge in [0.2, 0.25) is 0 Å². The van der Waals surface area contributed by atoms with Crippen LogP contribution in [0, 0.1) is 11.6 Å². The van der Waals surface area contributed by atoms with Crippen LogP contribution in [0.1, 0.15) is 43.7 Å². The molecule has 1 atom stereocenters. The van der Waals surface area contributed by atoms with E-state index in [0.29, 0.717) is 18.2 Å². The van der Waals surface area contributed by atoms with Gasteiger partial charge in [-0.2, -0.15) is 0 Å². The molecule has 1 aliphatic rings. The van der Waals surface area contributed by atoms with Crippen molar-refractivity contribution in [1.29, 1.82) is 0 Å². The molecule has 0 aromatic heterocycles. The first-order valence-electron chi connectivity index (χ1n) is 7.00. The van der Waals surface area contributed by atoms with Crippen molar-refractivity contribution in [2.75, 3.05) is 13.6 Å². The summed E-state index contributed by atoms with van der Waals surface area (Å²) in [5.41, 5.74) is 6.46. The van der Waals surface area contributed by atoms with Gasteiger partial charge in [-0.1, -0.05) is 19.3 Å². The first kappa shape index (κ1) is 14.4. The molecule has 1 saturated carbocycles. The van der Waals surface area contributed by atoms with Gasteiger partial charge in [0.15, 0.2) is 0 Å². The molecule has 1 unspecified atom stereocenters. The maximum absolute atomic E-state index is 13.3. The molecular weight excluding hydrogens is 246 g/mol. The first-order valence-corrected chi connectivity index (χ1v) is 7.00. The Balaban J connectivity index is 2.17. The minimum absolute atomic E-state index is 0.117. The van der Waals surface area contributed by atoms with E-state index in [0.717, 1.165) is 18.9 Å². The Bertz CT molecular complexity index is 396. The average Bonchev–Trinajstić information content (AvgIpc) is 2.39. The lowest BCUT2D eigenvalue weighted by molar-refractivity contribution is 0.140. The lowest BCUT2D eigenvalue weighted by atomic mass is 9.92. The van der Waals surface area contributed by atoms with E-state index < -0.39 is 11.6 Å². The van der Waals surface area contributed by atoms with Gasteiger partial charge in [0, 0.05) is 24.7 Å². The van der Waals surface area contributed by atoms with E-state index in [1.54, 1.807) is 0 Å². The number of nitrogens with two attached hydrogens (primary N) is 1. The maximum atomic E-state index is 13.3. The molecular formula is C15H22F2N2. The third-order valence-corrected chi connectivity index (χ3v) is 4.14. The predicted octanol–water partition coefficient (Wildman–Crippen LogP) is 3.23. The highest BCUT2D eigenvalue weighted by Crippen LogP contribution is 2.29. The molecule has 4 heteroatoms. The normalized spacial score (nSPS) is 18.8. The van der Waals surface area contributed by atoms with Crippen LogP contribution in [0.25, 0.3) is 0 Å². The number of hydrogen-bond acceptors (Lipinski definition) is 2. The second kappa shape index (κ2) is 6.44. The molecule has 2 rings (SSSR count). The lowest BCUT2D eigenvalue weighted by Crippen LogP contribution is -2.39. The molecule has 2 N–H and O–H groups in total. The minimum Gasteiger partial charge on any atom is -0.329 e. The van der Waals surface area contributed by atoms with E-state index in [1.807, 2.05) is 7.05 Å².